The van der Waals surface area contributed by atoms with Gasteiger partial charge in [-0.05, 0) is 42.2 Å². The molecule has 1 heteroatoms. The zero-order chi connectivity index (χ0) is 13.8. The summed E-state index contributed by atoms with van der Waals surface area (Å²) in [6, 6.07) is 13.6. The van der Waals surface area contributed by atoms with Crippen molar-refractivity contribution in [1.82, 2.24) is 4.57 Å². The molecule has 3 aromatic rings. The molecule has 0 aliphatic carbocycles. The summed E-state index contributed by atoms with van der Waals surface area (Å²) in [4.78, 5) is 0. The van der Waals surface area contributed by atoms with Gasteiger partial charge >= 0.3 is 0 Å². The molecule has 98 valence electrons. The maximum Gasteiger partial charge on any atom is 0.0488 e. The standard InChI is InChI=1S/C18H21N/c1-12-6-8-16-14(10-12)15-11-13(18(2,3)4)7-9-17(15)19(16)5/h6-11H,1-5H3. The van der Waals surface area contributed by atoms with E-state index in [1.54, 1.807) is 0 Å². The minimum absolute atomic E-state index is 0.195. The summed E-state index contributed by atoms with van der Waals surface area (Å²) >= 11 is 0. The summed E-state index contributed by atoms with van der Waals surface area (Å²) in [5.74, 6) is 0. The lowest BCUT2D eigenvalue weighted by Crippen LogP contribution is -2.10. The van der Waals surface area contributed by atoms with Gasteiger partial charge in [0.15, 0.2) is 0 Å². The molecule has 1 nitrogen and oxygen atoms in total. The number of fused-ring (bicyclic) bond motifs is 3. The summed E-state index contributed by atoms with van der Waals surface area (Å²) in [7, 11) is 2.15. The number of hydrogen-bond donors (Lipinski definition) is 0. The smallest absolute Gasteiger partial charge is 0.0488 e. The summed E-state index contributed by atoms with van der Waals surface area (Å²) in [5.41, 5.74) is 5.54. The van der Waals surface area contributed by atoms with Gasteiger partial charge in [0.1, 0.15) is 0 Å². The lowest BCUT2D eigenvalue weighted by Gasteiger charge is -2.19. The summed E-state index contributed by atoms with van der Waals surface area (Å²) in [5, 5.41) is 2.73. The molecule has 0 spiro atoms. The Morgan fingerprint density at radius 2 is 1.42 bits per heavy atom. The third-order valence-corrected chi connectivity index (χ3v) is 4.03. The van der Waals surface area contributed by atoms with Crippen molar-refractivity contribution in [3.05, 3.63) is 47.5 Å². The van der Waals surface area contributed by atoms with Crippen LogP contribution in [0.3, 0.4) is 0 Å². The van der Waals surface area contributed by atoms with Crippen molar-refractivity contribution < 1.29 is 0 Å². The Bertz CT molecular complexity index is 770. The van der Waals surface area contributed by atoms with Crippen molar-refractivity contribution in [3.8, 4) is 0 Å². The molecule has 0 fully saturated rings. The van der Waals surface area contributed by atoms with Gasteiger partial charge in [0.25, 0.3) is 0 Å². The van der Waals surface area contributed by atoms with Crippen LogP contribution in [-0.2, 0) is 12.5 Å². The molecule has 1 aromatic heterocycles. The zero-order valence-corrected chi connectivity index (χ0v) is 12.4. The van der Waals surface area contributed by atoms with E-state index in [-0.39, 0.29) is 5.41 Å². The van der Waals surface area contributed by atoms with Crippen LogP contribution < -0.4 is 0 Å². The quantitative estimate of drug-likeness (QED) is 0.533. The average Bonchev–Trinajstić information content (AvgIpc) is 2.61. The Morgan fingerprint density at radius 3 is 2.05 bits per heavy atom. The maximum atomic E-state index is 2.36. The molecular weight excluding hydrogens is 230 g/mol. The van der Waals surface area contributed by atoms with Gasteiger partial charge < -0.3 is 4.57 Å². The van der Waals surface area contributed by atoms with Crippen LogP contribution in [0, 0.1) is 6.92 Å². The molecule has 0 amide bonds. The zero-order valence-electron chi connectivity index (χ0n) is 12.4. The second-order valence-electron chi connectivity index (χ2n) is 6.56. The molecule has 0 radical (unpaired) electrons. The van der Waals surface area contributed by atoms with E-state index >= 15 is 0 Å². The monoisotopic (exact) mass is 251 g/mol. The molecular formula is C18H21N. The lowest BCUT2D eigenvalue weighted by molar-refractivity contribution is 0.591. The van der Waals surface area contributed by atoms with Crippen molar-refractivity contribution in [3.63, 3.8) is 0 Å². The molecule has 0 atom stereocenters. The molecule has 1 heterocycles. The van der Waals surface area contributed by atoms with Crippen LogP contribution in [0.25, 0.3) is 21.8 Å². The number of aryl methyl sites for hydroxylation is 2. The van der Waals surface area contributed by atoms with Gasteiger partial charge in [-0.3, -0.25) is 0 Å². The van der Waals surface area contributed by atoms with Gasteiger partial charge in [0, 0.05) is 28.9 Å². The first-order valence-electron chi connectivity index (χ1n) is 6.87. The molecule has 0 unspecified atom stereocenters. The fourth-order valence-electron chi connectivity index (χ4n) is 2.80. The van der Waals surface area contributed by atoms with Gasteiger partial charge in [0.05, 0.1) is 0 Å². The predicted octanol–water partition coefficient (Wildman–Crippen LogP) is 4.94. The predicted molar refractivity (Wildman–Crippen MR) is 83.9 cm³/mol. The van der Waals surface area contributed by atoms with E-state index in [0.717, 1.165) is 0 Å². The molecule has 19 heavy (non-hydrogen) atoms. The van der Waals surface area contributed by atoms with Crippen LogP contribution in [0.4, 0.5) is 0 Å². The molecule has 0 N–H and O–H groups in total. The van der Waals surface area contributed by atoms with Crippen molar-refractivity contribution >= 4 is 21.8 Å². The summed E-state index contributed by atoms with van der Waals surface area (Å²) in [6.07, 6.45) is 0. The molecule has 3 rings (SSSR count). The second kappa shape index (κ2) is 3.86. The van der Waals surface area contributed by atoms with Gasteiger partial charge in [0.2, 0.25) is 0 Å². The number of benzene rings is 2. The van der Waals surface area contributed by atoms with Crippen molar-refractivity contribution in [1.29, 1.82) is 0 Å². The highest BCUT2D eigenvalue weighted by Gasteiger charge is 2.16. The van der Waals surface area contributed by atoms with Crippen LogP contribution in [0.1, 0.15) is 31.9 Å². The normalized spacial score (nSPS) is 12.5. The Balaban J connectivity index is 2.44. The van der Waals surface area contributed by atoms with E-state index in [2.05, 4.69) is 75.7 Å². The average molecular weight is 251 g/mol. The fourth-order valence-corrected chi connectivity index (χ4v) is 2.80. The highest BCUT2D eigenvalue weighted by atomic mass is 14.9. The van der Waals surface area contributed by atoms with Crippen molar-refractivity contribution in [2.45, 2.75) is 33.1 Å². The molecule has 0 saturated carbocycles. The highest BCUT2D eigenvalue weighted by molar-refractivity contribution is 6.08. The first-order chi connectivity index (χ1) is 8.88. The van der Waals surface area contributed by atoms with Crippen LogP contribution in [0.15, 0.2) is 36.4 Å². The first kappa shape index (κ1) is 12.3. The van der Waals surface area contributed by atoms with Crippen molar-refractivity contribution in [2.24, 2.45) is 7.05 Å². The molecule has 0 saturated heterocycles. The number of hydrogen-bond acceptors (Lipinski definition) is 0. The molecule has 2 aromatic carbocycles. The van der Waals surface area contributed by atoms with E-state index in [0.29, 0.717) is 0 Å². The Morgan fingerprint density at radius 1 is 0.842 bits per heavy atom. The minimum Gasteiger partial charge on any atom is -0.344 e. The summed E-state index contributed by atoms with van der Waals surface area (Å²) in [6.45, 7) is 8.96. The summed E-state index contributed by atoms with van der Waals surface area (Å²) < 4.78 is 2.29. The minimum atomic E-state index is 0.195. The highest BCUT2D eigenvalue weighted by Crippen LogP contribution is 2.32. The molecule has 0 bridgehead atoms. The molecule has 0 aliphatic heterocycles. The van der Waals surface area contributed by atoms with Crippen LogP contribution in [0.5, 0.6) is 0 Å². The van der Waals surface area contributed by atoms with Crippen LogP contribution in [0.2, 0.25) is 0 Å². The Kier molecular flexibility index (Phi) is 2.50. The molecule has 0 aliphatic rings. The second-order valence-corrected chi connectivity index (χ2v) is 6.56. The number of nitrogens with zero attached hydrogens (tertiary/aromatic N) is 1. The van der Waals surface area contributed by atoms with Gasteiger partial charge in [-0.2, -0.15) is 0 Å². The third kappa shape index (κ3) is 1.85. The van der Waals surface area contributed by atoms with E-state index in [1.807, 2.05) is 0 Å². The first-order valence-corrected chi connectivity index (χ1v) is 6.87. The van der Waals surface area contributed by atoms with Crippen LogP contribution in [-0.4, -0.2) is 4.57 Å². The number of aromatic nitrogens is 1. The van der Waals surface area contributed by atoms with E-state index < -0.39 is 0 Å². The van der Waals surface area contributed by atoms with Crippen molar-refractivity contribution in [2.75, 3.05) is 0 Å². The lowest BCUT2D eigenvalue weighted by atomic mass is 9.86. The Hall–Kier alpha value is -1.76. The van der Waals surface area contributed by atoms with E-state index in [1.165, 1.54) is 32.9 Å². The SMILES string of the molecule is Cc1ccc2c(c1)c1cc(C(C)(C)C)ccc1n2C. The van der Waals surface area contributed by atoms with E-state index in [4.69, 9.17) is 0 Å². The van der Waals surface area contributed by atoms with Gasteiger partial charge in [-0.1, -0.05) is 38.5 Å². The fraction of sp³-hybridized carbons (Fsp3) is 0.333. The number of rotatable bonds is 0. The largest absolute Gasteiger partial charge is 0.344 e. The topological polar surface area (TPSA) is 4.93 Å². The Labute approximate surface area is 114 Å². The van der Waals surface area contributed by atoms with Gasteiger partial charge in [-0.15, -0.1) is 0 Å². The van der Waals surface area contributed by atoms with Gasteiger partial charge in [-0.25, -0.2) is 0 Å². The van der Waals surface area contributed by atoms with Crippen LogP contribution >= 0.6 is 0 Å². The third-order valence-electron chi connectivity index (χ3n) is 4.03. The van der Waals surface area contributed by atoms with E-state index in [9.17, 15) is 0 Å². The maximum absolute atomic E-state index is 2.36.